The molecular weight excluding hydrogens is 492 g/mol. The Morgan fingerprint density at radius 2 is 1.67 bits per heavy atom. The van der Waals surface area contributed by atoms with Gasteiger partial charge in [-0.1, -0.05) is 18.2 Å². The SMILES string of the molecule is CC(=O)N1CCCN(c2ncccn2)CCN(C(=O)c2ccc(-n3nc(C)cc3C)nc2)Cc2ccccc21. The van der Waals surface area contributed by atoms with E-state index < -0.39 is 0 Å². The predicted molar refractivity (Wildman–Crippen MR) is 149 cm³/mol. The van der Waals surface area contributed by atoms with E-state index in [-0.39, 0.29) is 11.8 Å². The number of carbonyl (C=O) groups is 2. The molecule has 0 atom stereocenters. The van der Waals surface area contributed by atoms with Gasteiger partial charge in [0.2, 0.25) is 11.9 Å². The minimum atomic E-state index is -0.139. The van der Waals surface area contributed by atoms with E-state index in [0.717, 1.165) is 29.1 Å². The van der Waals surface area contributed by atoms with Crippen LogP contribution in [0.15, 0.2) is 67.1 Å². The number of aromatic nitrogens is 5. The van der Waals surface area contributed by atoms with Crippen LogP contribution in [-0.2, 0) is 11.3 Å². The van der Waals surface area contributed by atoms with Gasteiger partial charge >= 0.3 is 0 Å². The van der Waals surface area contributed by atoms with Gasteiger partial charge in [0.1, 0.15) is 0 Å². The van der Waals surface area contributed by atoms with Crippen molar-refractivity contribution in [3.8, 4) is 5.82 Å². The molecule has 0 unspecified atom stereocenters. The maximum Gasteiger partial charge on any atom is 0.255 e. The molecule has 200 valence electrons. The quantitative estimate of drug-likeness (QED) is 0.404. The molecule has 10 heteroatoms. The van der Waals surface area contributed by atoms with Crippen LogP contribution in [0.25, 0.3) is 5.82 Å². The van der Waals surface area contributed by atoms with E-state index in [0.29, 0.717) is 50.1 Å². The monoisotopic (exact) mass is 524 g/mol. The van der Waals surface area contributed by atoms with Crippen LogP contribution in [0, 0.1) is 13.8 Å². The number of carbonyl (C=O) groups excluding carboxylic acids is 2. The fourth-order valence-corrected chi connectivity index (χ4v) is 4.92. The lowest BCUT2D eigenvalue weighted by Gasteiger charge is -2.28. The average molecular weight is 525 g/mol. The molecule has 10 nitrogen and oxygen atoms in total. The first kappa shape index (κ1) is 26.0. The van der Waals surface area contributed by atoms with Crippen LogP contribution in [-0.4, -0.2) is 67.6 Å². The third kappa shape index (κ3) is 5.79. The topological polar surface area (TPSA) is 100 Å². The molecule has 0 saturated heterocycles. The lowest BCUT2D eigenvalue weighted by Crippen LogP contribution is -2.39. The van der Waals surface area contributed by atoms with Crippen LogP contribution >= 0.6 is 0 Å². The van der Waals surface area contributed by atoms with Crippen LogP contribution in [0.5, 0.6) is 0 Å². The Balaban J connectivity index is 1.47. The first-order valence-electron chi connectivity index (χ1n) is 13.1. The van der Waals surface area contributed by atoms with Gasteiger partial charge in [-0.05, 0) is 56.2 Å². The first-order chi connectivity index (χ1) is 18.9. The number of benzene rings is 1. The molecule has 4 heterocycles. The summed E-state index contributed by atoms with van der Waals surface area (Å²) in [4.78, 5) is 45.6. The molecule has 0 fully saturated rings. The van der Waals surface area contributed by atoms with Gasteiger partial charge in [0.05, 0.1) is 11.3 Å². The van der Waals surface area contributed by atoms with Crippen molar-refractivity contribution in [1.29, 1.82) is 0 Å². The highest BCUT2D eigenvalue weighted by molar-refractivity contribution is 5.95. The minimum Gasteiger partial charge on any atom is -0.339 e. The van der Waals surface area contributed by atoms with E-state index >= 15 is 0 Å². The molecule has 0 saturated carbocycles. The third-order valence-corrected chi connectivity index (χ3v) is 6.82. The van der Waals surface area contributed by atoms with Crippen molar-refractivity contribution in [3.05, 3.63) is 89.6 Å². The summed E-state index contributed by atoms with van der Waals surface area (Å²) in [5, 5.41) is 4.49. The normalized spacial score (nSPS) is 14.5. The van der Waals surface area contributed by atoms with Crippen molar-refractivity contribution in [2.24, 2.45) is 0 Å². The highest BCUT2D eigenvalue weighted by Gasteiger charge is 2.24. The summed E-state index contributed by atoms with van der Waals surface area (Å²) in [6, 6.07) is 15.2. The number of nitrogens with zero attached hydrogens (tertiary/aromatic N) is 8. The van der Waals surface area contributed by atoms with Crippen molar-refractivity contribution < 1.29 is 9.59 Å². The number of hydrogen-bond donors (Lipinski definition) is 0. The van der Waals surface area contributed by atoms with Gasteiger partial charge in [-0.3, -0.25) is 9.59 Å². The van der Waals surface area contributed by atoms with Gasteiger partial charge in [0.15, 0.2) is 5.82 Å². The van der Waals surface area contributed by atoms with Crippen LogP contribution < -0.4 is 9.80 Å². The van der Waals surface area contributed by atoms with Crippen molar-refractivity contribution in [2.75, 3.05) is 36.0 Å². The summed E-state index contributed by atoms with van der Waals surface area (Å²) in [5.41, 5.74) is 4.10. The average Bonchev–Trinajstić information content (AvgIpc) is 3.27. The summed E-state index contributed by atoms with van der Waals surface area (Å²) in [5.74, 6) is 1.09. The summed E-state index contributed by atoms with van der Waals surface area (Å²) in [7, 11) is 0. The molecular formula is C29H32N8O2. The molecule has 1 aliphatic rings. The molecule has 39 heavy (non-hydrogen) atoms. The Labute approximate surface area is 227 Å². The highest BCUT2D eigenvalue weighted by Crippen LogP contribution is 2.25. The summed E-state index contributed by atoms with van der Waals surface area (Å²) in [6.45, 7) is 8.04. The van der Waals surface area contributed by atoms with E-state index in [9.17, 15) is 9.59 Å². The van der Waals surface area contributed by atoms with E-state index in [1.807, 2.05) is 50.2 Å². The van der Waals surface area contributed by atoms with E-state index in [1.165, 1.54) is 0 Å². The van der Waals surface area contributed by atoms with E-state index in [1.54, 1.807) is 52.1 Å². The van der Waals surface area contributed by atoms with Gasteiger partial charge in [0.25, 0.3) is 5.91 Å². The first-order valence-corrected chi connectivity index (χ1v) is 13.1. The molecule has 1 aromatic carbocycles. The summed E-state index contributed by atoms with van der Waals surface area (Å²) < 4.78 is 1.77. The zero-order valence-corrected chi connectivity index (χ0v) is 22.5. The van der Waals surface area contributed by atoms with Crippen LogP contribution in [0.3, 0.4) is 0 Å². The molecule has 0 N–H and O–H groups in total. The standard InChI is InChI=1S/C29H32N8O2/c1-21-18-22(2)37(33-21)27-11-10-24(19-32-27)28(39)35-17-16-34(29-30-12-6-13-31-29)14-7-15-36(23(3)38)26-9-5-4-8-25(26)20-35/h4-6,8-13,18-19H,7,14-17,20H2,1-3H3. The van der Waals surface area contributed by atoms with E-state index in [4.69, 9.17) is 0 Å². The predicted octanol–water partition coefficient (Wildman–Crippen LogP) is 3.58. The van der Waals surface area contributed by atoms with Crippen molar-refractivity contribution in [2.45, 2.75) is 33.7 Å². The zero-order chi connectivity index (χ0) is 27.4. The molecule has 4 aromatic rings. The van der Waals surface area contributed by atoms with Crippen molar-refractivity contribution in [3.63, 3.8) is 0 Å². The van der Waals surface area contributed by atoms with Gasteiger partial charge < -0.3 is 14.7 Å². The van der Waals surface area contributed by atoms with Crippen LogP contribution in [0.1, 0.15) is 40.7 Å². The lowest BCUT2D eigenvalue weighted by atomic mass is 10.1. The number of amides is 2. The second kappa shape index (κ2) is 11.4. The molecule has 0 radical (unpaired) electrons. The number of para-hydroxylation sites is 1. The van der Waals surface area contributed by atoms with Crippen LogP contribution in [0.4, 0.5) is 11.6 Å². The number of anilines is 2. The largest absolute Gasteiger partial charge is 0.339 e. The zero-order valence-electron chi connectivity index (χ0n) is 22.5. The molecule has 0 aliphatic carbocycles. The Bertz CT molecular complexity index is 1450. The molecule has 0 bridgehead atoms. The molecule has 1 aliphatic heterocycles. The Morgan fingerprint density at radius 1 is 0.872 bits per heavy atom. The lowest BCUT2D eigenvalue weighted by molar-refractivity contribution is -0.116. The number of aryl methyl sites for hydroxylation is 2. The number of hydrogen-bond acceptors (Lipinski definition) is 7. The van der Waals surface area contributed by atoms with Crippen molar-refractivity contribution in [1.82, 2.24) is 29.6 Å². The number of pyridine rings is 1. The Hall–Kier alpha value is -4.60. The van der Waals surface area contributed by atoms with Crippen LogP contribution in [0.2, 0.25) is 0 Å². The maximum absolute atomic E-state index is 13.9. The van der Waals surface area contributed by atoms with Crippen molar-refractivity contribution >= 4 is 23.5 Å². The Kier molecular flexibility index (Phi) is 7.62. The molecule has 5 rings (SSSR count). The second-order valence-electron chi connectivity index (χ2n) is 9.66. The van der Waals surface area contributed by atoms with Gasteiger partial charge in [-0.25, -0.2) is 19.6 Å². The van der Waals surface area contributed by atoms with E-state index in [2.05, 4.69) is 25.0 Å². The molecule has 3 aromatic heterocycles. The fourth-order valence-electron chi connectivity index (χ4n) is 4.92. The van der Waals surface area contributed by atoms with Gasteiger partial charge in [0, 0.05) is 69.6 Å². The number of fused-ring (bicyclic) bond motifs is 1. The minimum absolute atomic E-state index is 0.0361. The van der Waals surface area contributed by atoms with Gasteiger partial charge in [-0.15, -0.1) is 0 Å². The third-order valence-electron chi connectivity index (χ3n) is 6.82. The second-order valence-corrected chi connectivity index (χ2v) is 9.66. The molecule has 0 spiro atoms. The van der Waals surface area contributed by atoms with Gasteiger partial charge in [-0.2, -0.15) is 5.10 Å². The fraction of sp³-hybridized carbons (Fsp3) is 0.310. The summed E-state index contributed by atoms with van der Waals surface area (Å²) >= 11 is 0. The summed E-state index contributed by atoms with van der Waals surface area (Å²) in [6.07, 6.45) is 5.76. The number of rotatable bonds is 3. The maximum atomic E-state index is 13.9. The highest BCUT2D eigenvalue weighted by atomic mass is 16.2. The Morgan fingerprint density at radius 3 is 2.36 bits per heavy atom. The smallest absolute Gasteiger partial charge is 0.255 e. The molecule has 2 amide bonds.